The van der Waals surface area contributed by atoms with E-state index in [1.165, 1.54) is 94.8 Å². The fourth-order valence-corrected chi connectivity index (χ4v) is 12.3. The lowest BCUT2D eigenvalue weighted by Gasteiger charge is -2.47. The van der Waals surface area contributed by atoms with Gasteiger partial charge in [-0.25, -0.2) is 0 Å². The molecule has 0 N–H and O–H groups in total. The van der Waals surface area contributed by atoms with Gasteiger partial charge < -0.3 is 14.2 Å². The maximum Gasteiger partial charge on any atom is 0.297 e. The number of anilines is 6. The van der Waals surface area contributed by atoms with Crippen LogP contribution in [0.1, 0.15) is 162 Å². The van der Waals surface area contributed by atoms with E-state index in [1.807, 2.05) is 0 Å². The topological polar surface area (TPSA) is 19.6 Å². The minimum absolute atomic E-state index is 0.0286. The first-order valence-electron chi connectivity index (χ1n) is 25.2. The molecule has 342 valence electrons. The molecule has 2 aliphatic carbocycles. The van der Waals surface area contributed by atoms with Crippen molar-refractivity contribution in [1.82, 2.24) is 0 Å². The highest BCUT2D eigenvalue weighted by Gasteiger charge is 2.50. The van der Waals surface area contributed by atoms with Gasteiger partial charge in [-0.3, -0.25) is 0 Å². The lowest BCUT2D eigenvalue weighted by molar-refractivity contribution is 0.332. The van der Waals surface area contributed by atoms with Gasteiger partial charge in [0.2, 0.25) is 0 Å². The van der Waals surface area contributed by atoms with Crippen molar-refractivity contribution in [3.8, 4) is 11.1 Å². The van der Waals surface area contributed by atoms with E-state index in [1.54, 1.807) is 0 Å². The summed E-state index contributed by atoms with van der Waals surface area (Å²) in [6, 6.07) is 42.7. The Labute approximate surface area is 402 Å². The van der Waals surface area contributed by atoms with Crippen LogP contribution in [0.4, 0.5) is 34.1 Å². The molecule has 6 aromatic carbocycles. The highest BCUT2D eigenvalue weighted by atomic mass is 16.3. The number of fused-ring (bicyclic) bond motifs is 8. The number of benzene rings is 6. The quantitative estimate of drug-likeness (QED) is 0.165. The zero-order valence-electron chi connectivity index (χ0n) is 43.1. The number of nitrogens with zero attached hydrogens (tertiary/aromatic N) is 2. The molecule has 2 aliphatic heterocycles. The van der Waals surface area contributed by atoms with Crippen LogP contribution >= 0.6 is 0 Å². The molecule has 0 bridgehead atoms. The number of hydrogen-bond acceptors (Lipinski definition) is 3. The van der Waals surface area contributed by atoms with Gasteiger partial charge in [0, 0.05) is 33.8 Å². The van der Waals surface area contributed by atoms with Crippen LogP contribution in [-0.2, 0) is 32.5 Å². The Bertz CT molecular complexity index is 3130. The summed E-state index contributed by atoms with van der Waals surface area (Å²) in [5, 5.41) is 1.21. The lowest BCUT2D eigenvalue weighted by Crippen LogP contribution is -2.61. The summed E-state index contributed by atoms with van der Waals surface area (Å²) in [6.45, 7) is 36.0. The molecule has 7 aromatic rings. The van der Waals surface area contributed by atoms with E-state index < -0.39 is 0 Å². The van der Waals surface area contributed by atoms with Crippen LogP contribution in [0.15, 0.2) is 114 Å². The first kappa shape index (κ1) is 44.1. The monoisotopic (exact) mass is 883 g/mol. The number of aryl methyl sites for hydroxylation is 1. The van der Waals surface area contributed by atoms with E-state index in [0.717, 1.165) is 42.6 Å². The number of hydrogen-bond donors (Lipinski definition) is 0. The zero-order chi connectivity index (χ0) is 47.5. The second-order valence-electron chi connectivity index (χ2n) is 25.7. The maximum absolute atomic E-state index is 7.64. The van der Waals surface area contributed by atoms with Crippen molar-refractivity contribution in [2.45, 2.75) is 162 Å². The van der Waals surface area contributed by atoms with E-state index in [2.05, 4.69) is 223 Å². The van der Waals surface area contributed by atoms with Gasteiger partial charge in [0.25, 0.3) is 6.71 Å². The second kappa shape index (κ2) is 14.3. The minimum atomic E-state index is -0.115. The van der Waals surface area contributed by atoms with Crippen molar-refractivity contribution >= 4 is 68.4 Å². The van der Waals surface area contributed by atoms with E-state index >= 15 is 0 Å². The normalized spacial score (nSPS) is 18.5. The van der Waals surface area contributed by atoms with E-state index in [9.17, 15) is 0 Å². The highest BCUT2D eigenvalue weighted by molar-refractivity contribution is 7.00. The zero-order valence-corrected chi connectivity index (χ0v) is 43.1. The van der Waals surface area contributed by atoms with Crippen LogP contribution in [0.5, 0.6) is 0 Å². The molecule has 0 saturated carbocycles. The van der Waals surface area contributed by atoms with Gasteiger partial charge >= 0.3 is 0 Å². The van der Waals surface area contributed by atoms with Crippen molar-refractivity contribution in [2.24, 2.45) is 0 Å². The summed E-state index contributed by atoms with van der Waals surface area (Å²) in [5.41, 5.74) is 24.3. The van der Waals surface area contributed by atoms with Gasteiger partial charge in [-0.05, 0) is 181 Å². The summed E-state index contributed by atoms with van der Waals surface area (Å²) in [5.74, 6) is 0. The van der Waals surface area contributed by atoms with Crippen molar-refractivity contribution < 1.29 is 4.42 Å². The largest absolute Gasteiger partial charge is 0.468 e. The van der Waals surface area contributed by atoms with Gasteiger partial charge in [-0.2, -0.15) is 0 Å². The first-order valence-corrected chi connectivity index (χ1v) is 25.2. The molecule has 0 amide bonds. The molecule has 3 nitrogen and oxygen atoms in total. The molecule has 0 spiro atoms. The molecule has 0 saturated heterocycles. The van der Waals surface area contributed by atoms with Gasteiger partial charge in [0.1, 0.15) is 5.58 Å². The average Bonchev–Trinajstić information content (AvgIpc) is 3.64. The van der Waals surface area contributed by atoms with Crippen LogP contribution in [0.3, 0.4) is 0 Å². The Kier molecular flexibility index (Phi) is 9.39. The Morgan fingerprint density at radius 1 is 0.493 bits per heavy atom. The summed E-state index contributed by atoms with van der Waals surface area (Å²) in [4.78, 5) is 5.24. The molecule has 0 radical (unpaired) electrons. The SMILES string of the molecule is Cc1cc2c3c(c1)N(c1ccc(-c4ccccc4)cc1)c1c(oc4cc5c(cc14)C(C)(C)CCC5(C)C)B3c1cc3c(cc1N2c1cc(C(C)(C)C)cc(C(C)(C)C)c1)C(C)(C)CCC3(C)C. The van der Waals surface area contributed by atoms with Gasteiger partial charge in [-0.15, -0.1) is 0 Å². The van der Waals surface area contributed by atoms with Crippen molar-refractivity contribution in [1.29, 1.82) is 0 Å². The Morgan fingerprint density at radius 2 is 0.985 bits per heavy atom. The molecule has 67 heavy (non-hydrogen) atoms. The number of rotatable bonds is 3. The Hall–Kier alpha value is -5.48. The third kappa shape index (κ3) is 6.81. The van der Waals surface area contributed by atoms with Crippen LogP contribution in [0, 0.1) is 6.92 Å². The van der Waals surface area contributed by atoms with Crippen molar-refractivity contribution in [3.05, 3.63) is 148 Å². The molecular weight excluding hydrogens is 812 g/mol. The molecule has 1 aromatic heterocycles. The minimum Gasteiger partial charge on any atom is -0.468 e. The standard InChI is InChI=1S/C63H71BN2O/c1-38-29-52-55-53(30-38)66(43-23-21-40(22-24-43)39-19-17-16-18-20-39)56-45-34-46-49(63(14,15)28-25-60(46,8)9)37-54(45)67-57(56)64(55)50-35-47-48(62(12,13)27-26-61(47,10)11)36-51(50)65(52)44-32-41(58(2,3)4)31-42(33-44)59(5,6)7/h16-24,29-37H,25-28H2,1-15H3. The summed E-state index contributed by atoms with van der Waals surface area (Å²) >= 11 is 0. The molecule has 11 rings (SSSR count). The second-order valence-corrected chi connectivity index (χ2v) is 25.7. The first-order chi connectivity index (χ1) is 31.3. The van der Waals surface area contributed by atoms with E-state index in [-0.39, 0.29) is 39.2 Å². The molecule has 0 unspecified atom stereocenters. The molecule has 4 heteroatoms. The lowest BCUT2D eigenvalue weighted by atomic mass is 9.35. The van der Waals surface area contributed by atoms with Crippen LogP contribution in [0.25, 0.3) is 22.1 Å². The predicted molar refractivity (Wildman–Crippen MR) is 288 cm³/mol. The predicted octanol–water partition coefficient (Wildman–Crippen LogP) is 15.8. The summed E-state index contributed by atoms with van der Waals surface area (Å²) in [6.07, 6.45) is 4.63. The molecule has 3 heterocycles. The fourth-order valence-electron chi connectivity index (χ4n) is 12.3. The molecular formula is C63H71BN2O. The van der Waals surface area contributed by atoms with E-state index in [4.69, 9.17) is 4.42 Å². The average molecular weight is 883 g/mol. The van der Waals surface area contributed by atoms with Crippen molar-refractivity contribution in [2.75, 3.05) is 9.80 Å². The van der Waals surface area contributed by atoms with Crippen LogP contribution in [0.2, 0.25) is 0 Å². The Balaban J connectivity index is 1.27. The third-order valence-electron chi connectivity index (χ3n) is 16.9. The highest BCUT2D eigenvalue weighted by Crippen LogP contribution is 2.54. The van der Waals surface area contributed by atoms with Gasteiger partial charge in [0.05, 0.1) is 11.3 Å². The molecule has 0 atom stereocenters. The number of furan rings is 1. The maximum atomic E-state index is 7.64. The molecule has 4 aliphatic rings. The smallest absolute Gasteiger partial charge is 0.297 e. The Morgan fingerprint density at radius 3 is 1.54 bits per heavy atom. The summed E-state index contributed by atoms with van der Waals surface area (Å²) < 4.78 is 7.64. The van der Waals surface area contributed by atoms with Gasteiger partial charge in [-0.1, -0.05) is 152 Å². The van der Waals surface area contributed by atoms with Crippen LogP contribution in [-0.4, -0.2) is 6.71 Å². The molecule has 0 fully saturated rings. The third-order valence-corrected chi connectivity index (χ3v) is 16.9. The summed E-state index contributed by atoms with van der Waals surface area (Å²) in [7, 11) is 0. The van der Waals surface area contributed by atoms with Gasteiger partial charge in [0.15, 0.2) is 0 Å². The van der Waals surface area contributed by atoms with Crippen LogP contribution < -0.4 is 26.4 Å². The van der Waals surface area contributed by atoms with Crippen molar-refractivity contribution in [3.63, 3.8) is 0 Å². The fraction of sp³-hybridized carbons (Fsp3) is 0.397. The van der Waals surface area contributed by atoms with E-state index in [0.29, 0.717) is 0 Å².